The molecule has 2 saturated carbocycles. The fraction of sp³-hybridized carbons (Fsp3) is 1.00. The van der Waals surface area contributed by atoms with E-state index >= 15 is 0 Å². The summed E-state index contributed by atoms with van der Waals surface area (Å²) in [4.78, 5) is 0. The molecule has 120 valence electrons. The SMILES string of the molecule is CC(C)C1(C)CCCCC1.CC1CCC(C(C)C)CC1. The lowest BCUT2D eigenvalue weighted by atomic mass is 9.69. The van der Waals surface area contributed by atoms with E-state index in [0.717, 1.165) is 23.7 Å². The monoisotopic (exact) mass is 280 g/mol. The van der Waals surface area contributed by atoms with E-state index in [1.165, 1.54) is 57.8 Å². The van der Waals surface area contributed by atoms with E-state index in [9.17, 15) is 0 Å². The maximum Gasteiger partial charge on any atom is -0.0303 e. The van der Waals surface area contributed by atoms with Gasteiger partial charge in [-0.2, -0.15) is 0 Å². The summed E-state index contributed by atoms with van der Waals surface area (Å²) in [5.74, 6) is 3.85. The maximum absolute atomic E-state index is 2.46. The Balaban J connectivity index is 0.000000200. The second-order valence-electron chi connectivity index (χ2n) is 8.63. The minimum Gasteiger partial charge on any atom is -0.0625 e. The Kier molecular flexibility index (Phi) is 7.62. The highest BCUT2D eigenvalue weighted by Gasteiger charge is 2.29. The zero-order valence-corrected chi connectivity index (χ0v) is 15.2. The van der Waals surface area contributed by atoms with Crippen LogP contribution in [-0.4, -0.2) is 0 Å². The van der Waals surface area contributed by atoms with Crippen LogP contribution < -0.4 is 0 Å². The Morgan fingerprint density at radius 1 is 0.800 bits per heavy atom. The van der Waals surface area contributed by atoms with Gasteiger partial charge in [0.05, 0.1) is 0 Å². The summed E-state index contributed by atoms with van der Waals surface area (Å²) in [6.45, 7) is 14.3. The fourth-order valence-electron chi connectivity index (χ4n) is 3.89. The molecule has 2 rings (SSSR count). The molecule has 0 heterocycles. The van der Waals surface area contributed by atoms with Crippen LogP contribution in [0.15, 0.2) is 0 Å². The summed E-state index contributed by atoms with van der Waals surface area (Å²) < 4.78 is 0. The van der Waals surface area contributed by atoms with E-state index < -0.39 is 0 Å². The molecule has 0 heteroatoms. The molecule has 2 fully saturated rings. The lowest BCUT2D eigenvalue weighted by molar-refractivity contribution is 0.143. The smallest absolute Gasteiger partial charge is 0.0303 e. The summed E-state index contributed by atoms with van der Waals surface area (Å²) in [5, 5.41) is 0. The maximum atomic E-state index is 2.46. The molecule has 0 atom stereocenters. The molecule has 0 aliphatic heterocycles. The topological polar surface area (TPSA) is 0 Å². The van der Waals surface area contributed by atoms with E-state index in [2.05, 4.69) is 41.5 Å². The molecular weight excluding hydrogens is 240 g/mol. The van der Waals surface area contributed by atoms with E-state index in [1.54, 1.807) is 0 Å². The largest absolute Gasteiger partial charge is 0.0625 e. The molecule has 0 aromatic heterocycles. The van der Waals surface area contributed by atoms with Crippen molar-refractivity contribution in [2.45, 2.75) is 99.3 Å². The molecule has 0 radical (unpaired) electrons. The lowest BCUT2D eigenvalue weighted by Gasteiger charge is -2.37. The fourth-order valence-corrected chi connectivity index (χ4v) is 3.89. The third-order valence-electron chi connectivity index (χ3n) is 6.39. The average Bonchev–Trinajstić information content (AvgIpc) is 2.40. The van der Waals surface area contributed by atoms with Crippen LogP contribution in [0.5, 0.6) is 0 Å². The normalized spacial score (nSPS) is 30.0. The van der Waals surface area contributed by atoms with Crippen LogP contribution >= 0.6 is 0 Å². The van der Waals surface area contributed by atoms with E-state index in [4.69, 9.17) is 0 Å². The zero-order chi connectivity index (χ0) is 15.2. The Labute approximate surface area is 129 Å². The van der Waals surface area contributed by atoms with Crippen molar-refractivity contribution >= 4 is 0 Å². The van der Waals surface area contributed by atoms with Crippen molar-refractivity contribution in [2.24, 2.45) is 29.1 Å². The summed E-state index contributed by atoms with van der Waals surface area (Å²) in [6, 6.07) is 0. The first-order chi connectivity index (χ1) is 9.35. The average molecular weight is 281 g/mol. The third kappa shape index (κ3) is 5.78. The van der Waals surface area contributed by atoms with Gasteiger partial charge < -0.3 is 0 Å². The Morgan fingerprint density at radius 3 is 1.65 bits per heavy atom. The van der Waals surface area contributed by atoms with Crippen molar-refractivity contribution in [2.75, 3.05) is 0 Å². The minimum atomic E-state index is 0.679. The van der Waals surface area contributed by atoms with Gasteiger partial charge in [-0.1, -0.05) is 73.6 Å². The van der Waals surface area contributed by atoms with Gasteiger partial charge in [0.2, 0.25) is 0 Å². The molecule has 20 heavy (non-hydrogen) atoms. The van der Waals surface area contributed by atoms with Gasteiger partial charge in [0.1, 0.15) is 0 Å². The van der Waals surface area contributed by atoms with Gasteiger partial charge in [-0.15, -0.1) is 0 Å². The minimum absolute atomic E-state index is 0.679. The standard InChI is InChI=1S/2C10H20/c1-8(2)10-6-4-9(3)5-7-10;1-9(2)10(3)7-5-4-6-8-10/h8-10H,4-7H2,1-3H3;9H,4-8H2,1-3H3. The van der Waals surface area contributed by atoms with Crippen molar-refractivity contribution in [3.63, 3.8) is 0 Å². The van der Waals surface area contributed by atoms with Crippen LogP contribution in [0.4, 0.5) is 0 Å². The summed E-state index contributed by atoms with van der Waals surface area (Å²) in [5.41, 5.74) is 0.679. The van der Waals surface area contributed by atoms with E-state index in [1.807, 2.05) is 0 Å². The van der Waals surface area contributed by atoms with Crippen LogP contribution in [0, 0.1) is 29.1 Å². The van der Waals surface area contributed by atoms with Gasteiger partial charge in [0.15, 0.2) is 0 Å². The van der Waals surface area contributed by atoms with Crippen LogP contribution in [0.3, 0.4) is 0 Å². The van der Waals surface area contributed by atoms with Crippen molar-refractivity contribution in [3.8, 4) is 0 Å². The molecule has 0 aromatic rings. The Hall–Kier alpha value is 0. The van der Waals surface area contributed by atoms with Gasteiger partial charge in [0.25, 0.3) is 0 Å². The molecule has 0 nitrogen and oxygen atoms in total. The Morgan fingerprint density at radius 2 is 1.30 bits per heavy atom. The van der Waals surface area contributed by atoms with Gasteiger partial charge in [-0.3, -0.25) is 0 Å². The first-order valence-corrected chi connectivity index (χ1v) is 9.35. The predicted octanol–water partition coefficient (Wildman–Crippen LogP) is 7.08. The van der Waals surface area contributed by atoms with E-state index in [-0.39, 0.29) is 0 Å². The molecular formula is C20H40. The van der Waals surface area contributed by atoms with Gasteiger partial charge >= 0.3 is 0 Å². The summed E-state index contributed by atoms with van der Waals surface area (Å²) >= 11 is 0. The van der Waals surface area contributed by atoms with Crippen molar-refractivity contribution in [3.05, 3.63) is 0 Å². The molecule has 2 aliphatic rings. The molecule has 0 bridgehead atoms. The van der Waals surface area contributed by atoms with Gasteiger partial charge in [0, 0.05) is 0 Å². The van der Waals surface area contributed by atoms with Crippen LogP contribution in [0.1, 0.15) is 99.3 Å². The molecule has 0 unspecified atom stereocenters. The molecule has 0 saturated heterocycles. The van der Waals surface area contributed by atoms with Crippen LogP contribution in [-0.2, 0) is 0 Å². The third-order valence-corrected chi connectivity index (χ3v) is 6.39. The van der Waals surface area contributed by atoms with E-state index in [0.29, 0.717) is 5.41 Å². The van der Waals surface area contributed by atoms with Crippen molar-refractivity contribution in [1.82, 2.24) is 0 Å². The first-order valence-electron chi connectivity index (χ1n) is 9.35. The van der Waals surface area contributed by atoms with Crippen LogP contribution in [0.25, 0.3) is 0 Å². The second-order valence-corrected chi connectivity index (χ2v) is 8.63. The number of hydrogen-bond donors (Lipinski definition) is 0. The van der Waals surface area contributed by atoms with Crippen molar-refractivity contribution < 1.29 is 0 Å². The van der Waals surface area contributed by atoms with Gasteiger partial charge in [-0.05, 0) is 54.8 Å². The highest BCUT2D eigenvalue weighted by atomic mass is 14.3. The summed E-state index contributed by atoms with van der Waals surface area (Å²) in [7, 11) is 0. The predicted molar refractivity (Wildman–Crippen MR) is 92.0 cm³/mol. The number of rotatable bonds is 2. The van der Waals surface area contributed by atoms with Crippen LogP contribution in [0.2, 0.25) is 0 Å². The summed E-state index contributed by atoms with van der Waals surface area (Å²) in [6.07, 6.45) is 13.3. The highest BCUT2D eigenvalue weighted by Crippen LogP contribution is 2.41. The lowest BCUT2D eigenvalue weighted by Crippen LogP contribution is -2.25. The molecule has 0 N–H and O–H groups in total. The Bertz CT molecular complexity index is 237. The zero-order valence-electron chi connectivity index (χ0n) is 15.2. The highest BCUT2D eigenvalue weighted by molar-refractivity contribution is 4.80. The van der Waals surface area contributed by atoms with Gasteiger partial charge in [-0.25, -0.2) is 0 Å². The second kappa shape index (κ2) is 8.44. The molecule has 0 spiro atoms. The van der Waals surface area contributed by atoms with Crippen molar-refractivity contribution in [1.29, 1.82) is 0 Å². The molecule has 0 aromatic carbocycles. The molecule has 0 amide bonds. The quantitative estimate of drug-likeness (QED) is 0.507. The number of hydrogen-bond acceptors (Lipinski definition) is 0. The molecule has 2 aliphatic carbocycles. The first kappa shape index (κ1) is 18.1.